The van der Waals surface area contributed by atoms with Gasteiger partial charge in [0, 0.05) is 24.2 Å². The van der Waals surface area contributed by atoms with E-state index in [0.717, 1.165) is 38.5 Å². The number of sulfonamides is 1. The van der Waals surface area contributed by atoms with Crippen LogP contribution in [-0.2, 0) is 10.0 Å². The molecule has 1 aliphatic carbocycles. The van der Waals surface area contributed by atoms with Crippen molar-refractivity contribution in [3.05, 3.63) is 34.4 Å². The SMILES string of the molecule is Cl.NC1(CNS(=O)(=O)c2ccc([N+](=O)[O-])cc2)CCCCCC1. The van der Waals surface area contributed by atoms with E-state index in [4.69, 9.17) is 5.73 Å². The van der Waals surface area contributed by atoms with E-state index < -0.39 is 20.5 Å². The Morgan fingerprint density at radius 2 is 1.65 bits per heavy atom. The smallest absolute Gasteiger partial charge is 0.269 e. The van der Waals surface area contributed by atoms with Crippen molar-refractivity contribution in [2.24, 2.45) is 5.73 Å². The topological polar surface area (TPSA) is 115 Å². The van der Waals surface area contributed by atoms with E-state index in [1.165, 1.54) is 24.3 Å². The predicted molar refractivity (Wildman–Crippen MR) is 90.2 cm³/mol. The van der Waals surface area contributed by atoms with Gasteiger partial charge in [-0.15, -0.1) is 12.4 Å². The monoisotopic (exact) mass is 363 g/mol. The highest BCUT2D eigenvalue weighted by atomic mass is 35.5. The molecule has 0 heterocycles. The summed E-state index contributed by atoms with van der Waals surface area (Å²) in [5.41, 5.74) is 5.64. The van der Waals surface area contributed by atoms with Gasteiger partial charge in [-0.3, -0.25) is 10.1 Å². The van der Waals surface area contributed by atoms with Gasteiger partial charge < -0.3 is 5.73 Å². The molecule has 0 atom stereocenters. The molecule has 1 saturated carbocycles. The zero-order chi connectivity index (χ0) is 16.2. The highest BCUT2D eigenvalue weighted by molar-refractivity contribution is 7.89. The lowest BCUT2D eigenvalue weighted by molar-refractivity contribution is -0.384. The van der Waals surface area contributed by atoms with Crippen LogP contribution < -0.4 is 10.5 Å². The standard InChI is InChI=1S/C14H21N3O4S.ClH/c15-14(9-3-1-2-4-10-14)11-16-22(20,21)13-7-5-12(6-8-13)17(18)19;/h5-8,16H,1-4,9-11,15H2;1H. The number of rotatable bonds is 5. The van der Waals surface area contributed by atoms with E-state index in [0.29, 0.717) is 0 Å². The second-order valence-corrected chi connectivity index (χ2v) is 7.62. The highest BCUT2D eigenvalue weighted by Gasteiger charge is 2.28. The molecule has 0 aliphatic heterocycles. The van der Waals surface area contributed by atoms with Gasteiger partial charge in [0.15, 0.2) is 0 Å². The Balaban J connectivity index is 0.00000264. The van der Waals surface area contributed by atoms with Crippen molar-refractivity contribution >= 4 is 28.1 Å². The summed E-state index contributed by atoms with van der Waals surface area (Å²) in [6, 6.07) is 4.82. The molecule has 0 unspecified atom stereocenters. The van der Waals surface area contributed by atoms with Crippen molar-refractivity contribution in [2.75, 3.05) is 6.54 Å². The molecule has 0 amide bonds. The molecule has 130 valence electrons. The summed E-state index contributed by atoms with van der Waals surface area (Å²) < 4.78 is 27.0. The van der Waals surface area contributed by atoms with Gasteiger partial charge in [-0.1, -0.05) is 25.7 Å². The summed E-state index contributed by atoms with van der Waals surface area (Å²) in [4.78, 5) is 10.0. The zero-order valence-electron chi connectivity index (χ0n) is 12.7. The van der Waals surface area contributed by atoms with Crippen molar-refractivity contribution < 1.29 is 13.3 Å². The third-order valence-corrected chi connectivity index (χ3v) is 5.49. The van der Waals surface area contributed by atoms with Gasteiger partial charge in [-0.2, -0.15) is 0 Å². The first-order valence-corrected chi connectivity index (χ1v) is 8.84. The fraction of sp³-hybridized carbons (Fsp3) is 0.571. The number of nitrogens with one attached hydrogen (secondary N) is 1. The average molecular weight is 364 g/mol. The van der Waals surface area contributed by atoms with Gasteiger partial charge in [0.1, 0.15) is 0 Å². The molecule has 0 bridgehead atoms. The molecular formula is C14H22ClN3O4S. The predicted octanol–water partition coefficient (Wildman–Crippen LogP) is 2.35. The molecule has 1 aliphatic rings. The van der Waals surface area contributed by atoms with Crippen molar-refractivity contribution in [3.8, 4) is 0 Å². The fourth-order valence-corrected chi connectivity index (χ4v) is 3.82. The summed E-state index contributed by atoms with van der Waals surface area (Å²) in [5, 5.41) is 10.6. The van der Waals surface area contributed by atoms with Crippen LogP contribution in [0.25, 0.3) is 0 Å². The lowest BCUT2D eigenvalue weighted by atomic mass is 9.92. The number of hydrogen-bond acceptors (Lipinski definition) is 5. The van der Waals surface area contributed by atoms with Crippen molar-refractivity contribution in [1.29, 1.82) is 0 Å². The maximum Gasteiger partial charge on any atom is 0.269 e. The van der Waals surface area contributed by atoms with Gasteiger partial charge in [0.25, 0.3) is 5.69 Å². The quantitative estimate of drug-likeness (QED) is 0.473. The maximum atomic E-state index is 12.2. The lowest BCUT2D eigenvalue weighted by Gasteiger charge is -2.28. The van der Waals surface area contributed by atoms with Crippen LogP contribution in [0.15, 0.2) is 29.2 Å². The van der Waals surface area contributed by atoms with Crippen LogP contribution >= 0.6 is 12.4 Å². The molecule has 0 radical (unpaired) electrons. The normalized spacial score (nSPS) is 17.8. The van der Waals surface area contributed by atoms with Crippen LogP contribution in [-0.4, -0.2) is 25.4 Å². The molecule has 0 spiro atoms. The molecule has 1 aromatic carbocycles. The van der Waals surface area contributed by atoms with Gasteiger partial charge in [-0.25, -0.2) is 13.1 Å². The zero-order valence-corrected chi connectivity index (χ0v) is 14.4. The van der Waals surface area contributed by atoms with E-state index in [9.17, 15) is 18.5 Å². The maximum absolute atomic E-state index is 12.2. The third kappa shape index (κ3) is 5.42. The van der Waals surface area contributed by atoms with Crippen LogP contribution in [0.1, 0.15) is 38.5 Å². The number of nitro benzene ring substituents is 1. The second-order valence-electron chi connectivity index (χ2n) is 5.85. The minimum absolute atomic E-state index is 0. The number of nitrogens with two attached hydrogens (primary N) is 1. The molecule has 1 aromatic rings. The Morgan fingerprint density at radius 3 is 2.13 bits per heavy atom. The third-order valence-electron chi connectivity index (χ3n) is 4.07. The van der Waals surface area contributed by atoms with E-state index in [-0.39, 0.29) is 29.5 Å². The summed E-state index contributed by atoms with van der Waals surface area (Å²) >= 11 is 0. The van der Waals surface area contributed by atoms with Crippen LogP contribution in [0.4, 0.5) is 5.69 Å². The largest absolute Gasteiger partial charge is 0.324 e. The lowest BCUT2D eigenvalue weighted by Crippen LogP contribution is -2.49. The Bertz CT molecular complexity index is 626. The first-order valence-electron chi connectivity index (χ1n) is 7.35. The van der Waals surface area contributed by atoms with E-state index in [2.05, 4.69) is 4.72 Å². The summed E-state index contributed by atoms with van der Waals surface area (Å²) in [7, 11) is -3.70. The van der Waals surface area contributed by atoms with Crippen LogP contribution in [0.3, 0.4) is 0 Å². The number of nitro groups is 1. The minimum Gasteiger partial charge on any atom is -0.324 e. The first-order chi connectivity index (χ1) is 10.3. The molecule has 0 saturated heterocycles. The van der Waals surface area contributed by atoms with Crippen LogP contribution in [0.2, 0.25) is 0 Å². The van der Waals surface area contributed by atoms with Gasteiger partial charge in [-0.05, 0) is 25.0 Å². The first kappa shape index (κ1) is 19.8. The molecule has 7 nitrogen and oxygen atoms in total. The highest BCUT2D eigenvalue weighted by Crippen LogP contribution is 2.25. The molecular weight excluding hydrogens is 342 g/mol. The number of nitrogens with zero attached hydrogens (tertiary/aromatic N) is 1. The summed E-state index contributed by atoms with van der Waals surface area (Å²) in [5.74, 6) is 0. The van der Waals surface area contributed by atoms with Crippen molar-refractivity contribution in [2.45, 2.75) is 49.0 Å². The second kappa shape index (κ2) is 8.05. The van der Waals surface area contributed by atoms with Crippen LogP contribution in [0, 0.1) is 10.1 Å². The molecule has 9 heteroatoms. The Morgan fingerprint density at radius 1 is 1.13 bits per heavy atom. The molecule has 23 heavy (non-hydrogen) atoms. The number of halogens is 1. The Hall–Kier alpha value is -1.22. The van der Waals surface area contributed by atoms with Crippen molar-refractivity contribution in [3.63, 3.8) is 0 Å². The Labute approximate surface area is 142 Å². The minimum atomic E-state index is -3.70. The molecule has 2 rings (SSSR count). The average Bonchev–Trinajstić information content (AvgIpc) is 2.71. The van der Waals surface area contributed by atoms with E-state index in [1.54, 1.807) is 0 Å². The summed E-state index contributed by atoms with van der Waals surface area (Å²) in [6.07, 6.45) is 5.89. The van der Waals surface area contributed by atoms with Gasteiger partial charge >= 0.3 is 0 Å². The number of non-ortho nitro benzene ring substituents is 1. The summed E-state index contributed by atoms with van der Waals surface area (Å²) in [6.45, 7) is 0.187. The van der Waals surface area contributed by atoms with Crippen LogP contribution in [0.5, 0.6) is 0 Å². The van der Waals surface area contributed by atoms with Crippen molar-refractivity contribution in [1.82, 2.24) is 4.72 Å². The van der Waals surface area contributed by atoms with Gasteiger partial charge in [0.2, 0.25) is 10.0 Å². The number of benzene rings is 1. The van der Waals surface area contributed by atoms with E-state index in [1.807, 2.05) is 0 Å². The molecule has 3 N–H and O–H groups in total. The fourth-order valence-electron chi connectivity index (χ4n) is 2.68. The number of hydrogen-bond donors (Lipinski definition) is 2. The van der Waals surface area contributed by atoms with E-state index >= 15 is 0 Å². The molecule has 1 fully saturated rings. The van der Waals surface area contributed by atoms with Gasteiger partial charge in [0.05, 0.1) is 9.82 Å². The molecule has 0 aromatic heterocycles. The Kier molecular flexibility index (Phi) is 6.94.